The molecule has 0 aliphatic carbocycles. The average Bonchev–Trinajstić information content (AvgIpc) is 3.42. The summed E-state index contributed by atoms with van der Waals surface area (Å²) < 4.78 is 24.8. The Morgan fingerprint density at radius 3 is 2.84 bits per heavy atom. The first kappa shape index (κ1) is 22.8. The minimum Gasteiger partial charge on any atom is -0.342 e. The Labute approximate surface area is 180 Å². The van der Waals surface area contributed by atoms with Gasteiger partial charge in [0.05, 0.1) is 30.2 Å². The molecule has 11 nitrogen and oxygen atoms in total. The summed E-state index contributed by atoms with van der Waals surface area (Å²) >= 11 is 0. The number of carbonyl (C=O) groups is 2. The van der Waals surface area contributed by atoms with Crippen LogP contribution >= 0.6 is 0 Å². The lowest BCUT2D eigenvalue weighted by Gasteiger charge is -2.17. The van der Waals surface area contributed by atoms with E-state index in [0.717, 1.165) is 19.4 Å². The minimum absolute atomic E-state index is 0.0574. The van der Waals surface area contributed by atoms with Crippen molar-refractivity contribution in [2.75, 3.05) is 6.54 Å². The summed E-state index contributed by atoms with van der Waals surface area (Å²) in [5.74, 6) is -1.64. The van der Waals surface area contributed by atoms with E-state index in [1.54, 1.807) is 16.9 Å². The predicted octanol–water partition coefficient (Wildman–Crippen LogP) is -0.439. The highest BCUT2D eigenvalue weighted by Crippen LogP contribution is 2.19. The van der Waals surface area contributed by atoms with Gasteiger partial charge in [0.15, 0.2) is 0 Å². The number of carbonyl (C=O) groups excluding carboxylic acids is 2. The number of rotatable bonds is 8. The standard InChI is InChI=1S/C19H27N7O4S/c1-2-17(13-5-3-7-16(9-13)31(20,29)30)23-19(28)18(27)22-10-15-12-26(25-24-15)11-14-6-4-8-21-14/h3,5,7,9,12,14,17,21H,2,4,6,8,10-11H2,1H3,(H,22,27)(H,23,28)(H2,20,29,30)/t14-,17?/m0/s1. The molecule has 2 aromatic rings. The molecule has 3 rings (SSSR count). The van der Waals surface area contributed by atoms with Gasteiger partial charge in [-0.3, -0.25) is 14.3 Å². The van der Waals surface area contributed by atoms with Crippen molar-refractivity contribution in [2.45, 2.75) is 56.3 Å². The van der Waals surface area contributed by atoms with Crippen molar-refractivity contribution < 1.29 is 18.0 Å². The van der Waals surface area contributed by atoms with Gasteiger partial charge in [0.2, 0.25) is 10.0 Å². The lowest BCUT2D eigenvalue weighted by atomic mass is 10.0. The van der Waals surface area contributed by atoms with Crippen LogP contribution in [0.2, 0.25) is 0 Å². The van der Waals surface area contributed by atoms with E-state index in [0.29, 0.717) is 30.3 Å². The highest BCUT2D eigenvalue weighted by atomic mass is 32.2. The van der Waals surface area contributed by atoms with E-state index in [2.05, 4.69) is 26.3 Å². The van der Waals surface area contributed by atoms with Crippen LogP contribution in [0, 0.1) is 0 Å². The molecular weight excluding hydrogens is 422 g/mol. The van der Waals surface area contributed by atoms with Gasteiger partial charge in [-0.1, -0.05) is 24.3 Å². The number of hydrogen-bond donors (Lipinski definition) is 4. The first-order valence-corrected chi connectivity index (χ1v) is 11.6. The second kappa shape index (κ2) is 9.98. The van der Waals surface area contributed by atoms with E-state index in [9.17, 15) is 18.0 Å². The highest BCUT2D eigenvalue weighted by molar-refractivity contribution is 7.89. The van der Waals surface area contributed by atoms with Crippen LogP contribution in [0.25, 0.3) is 0 Å². The van der Waals surface area contributed by atoms with Gasteiger partial charge in [-0.2, -0.15) is 0 Å². The number of hydrogen-bond acceptors (Lipinski definition) is 7. The molecule has 0 spiro atoms. The zero-order valence-corrected chi connectivity index (χ0v) is 18.1. The molecule has 0 bridgehead atoms. The Hall–Kier alpha value is -2.83. The molecular formula is C19H27N7O4S. The maximum Gasteiger partial charge on any atom is 0.309 e. The molecule has 1 aromatic heterocycles. The second-order valence-electron chi connectivity index (χ2n) is 7.46. The SMILES string of the molecule is CCC(NC(=O)C(=O)NCc1cn(C[C@@H]2CCCN2)nn1)c1cccc(S(N)(=O)=O)c1. The van der Waals surface area contributed by atoms with Crippen LogP contribution in [-0.2, 0) is 32.7 Å². The van der Waals surface area contributed by atoms with Crippen molar-refractivity contribution in [2.24, 2.45) is 5.14 Å². The molecule has 12 heteroatoms. The third kappa shape index (κ3) is 6.32. The number of primary sulfonamides is 1. The Bertz CT molecular complexity index is 1030. The lowest BCUT2D eigenvalue weighted by Crippen LogP contribution is -2.41. The van der Waals surface area contributed by atoms with E-state index in [1.165, 1.54) is 18.2 Å². The predicted molar refractivity (Wildman–Crippen MR) is 112 cm³/mol. The molecule has 1 fully saturated rings. The largest absolute Gasteiger partial charge is 0.342 e. The maximum absolute atomic E-state index is 12.3. The number of amides is 2. The first-order chi connectivity index (χ1) is 14.8. The molecule has 0 saturated carbocycles. The fourth-order valence-electron chi connectivity index (χ4n) is 3.45. The average molecular weight is 450 g/mol. The van der Waals surface area contributed by atoms with E-state index in [4.69, 9.17) is 5.14 Å². The molecule has 31 heavy (non-hydrogen) atoms. The van der Waals surface area contributed by atoms with E-state index >= 15 is 0 Å². The lowest BCUT2D eigenvalue weighted by molar-refractivity contribution is -0.139. The fraction of sp³-hybridized carbons (Fsp3) is 0.474. The molecule has 168 valence electrons. The van der Waals surface area contributed by atoms with Gasteiger partial charge < -0.3 is 16.0 Å². The smallest absolute Gasteiger partial charge is 0.309 e. The molecule has 2 heterocycles. The summed E-state index contributed by atoms with van der Waals surface area (Å²) in [6.45, 7) is 3.59. The van der Waals surface area contributed by atoms with Crippen molar-refractivity contribution in [1.29, 1.82) is 0 Å². The Morgan fingerprint density at radius 2 is 2.16 bits per heavy atom. The van der Waals surface area contributed by atoms with Crippen LogP contribution in [-0.4, -0.2) is 47.8 Å². The van der Waals surface area contributed by atoms with Gasteiger partial charge in [0.25, 0.3) is 0 Å². The number of nitrogens with one attached hydrogen (secondary N) is 3. The Morgan fingerprint density at radius 1 is 1.35 bits per heavy atom. The molecule has 1 aliphatic rings. The summed E-state index contributed by atoms with van der Waals surface area (Å²) in [6, 6.07) is 5.79. The highest BCUT2D eigenvalue weighted by Gasteiger charge is 2.21. The molecule has 2 amide bonds. The van der Waals surface area contributed by atoms with Crippen molar-refractivity contribution in [3.05, 3.63) is 41.7 Å². The van der Waals surface area contributed by atoms with Crippen molar-refractivity contribution in [1.82, 2.24) is 30.9 Å². The van der Waals surface area contributed by atoms with Crippen LogP contribution in [0.1, 0.15) is 43.5 Å². The van der Waals surface area contributed by atoms with Crippen LogP contribution in [0.3, 0.4) is 0 Å². The van der Waals surface area contributed by atoms with Gasteiger partial charge >= 0.3 is 11.8 Å². The zero-order chi connectivity index (χ0) is 22.4. The molecule has 1 saturated heterocycles. The van der Waals surface area contributed by atoms with E-state index in [1.807, 2.05) is 6.92 Å². The van der Waals surface area contributed by atoms with Crippen molar-refractivity contribution in [3.8, 4) is 0 Å². The number of sulfonamides is 1. The molecule has 1 unspecified atom stereocenters. The number of nitrogens with two attached hydrogens (primary N) is 1. The van der Waals surface area contributed by atoms with Gasteiger partial charge in [-0.25, -0.2) is 13.6 Å². The normalized spacial score (nSPS) is 17.3. The monoisotopic (exact) mass is 449 g/mol. The van der Waals surface area contributed by atoms with Crippen LogP contribution < -0.4 is 21.1 Å². The molecule has 2 atom stereocenters. The van der Waals surface area contributed by atoms with E-state index < -0.39 is 27.9 Å². The summed E-state index contributed by atoms with van der Waals surface area (Å²) in [7, 11) is -3.87. The number of nitrogens with zero attached hydrogens (tertiary/aromatic N) is 3. The zero-order valence-electron chi connectivity index (χ0n) is 17.2. The summed E-state index contributed by atoms with van der Waals surface area (Å²) in [6.07, 6.45) is 4.43. The first-order valence-electron chi connectivity index (χ1n) is 10.1. The van der Waals surface area contributed by atoms with Crippen molar-refractivity contribution >= 4 is 21.8 Å². The summed E-state index contributed by atoms with van der Waals surface area (Å²) in [5.41, 5.74) is 1.09. The van der Waals surface area contributed by atoms with Gasteiger partial charge in [-0.05, 0) is 43.5 Å². The number of benzene rings is 1. The topological polar surface area (TPSA) is 161 Å². The maximum atomic E-state index is 12.3. The second-order valence-corrected chi connectivity index (χ2v) is 9.02. The van der Waals surface area contributed by atoms with Crippen LogP contribution in [0.15, 0.2) is 35.4 Å². The van der Waals surface area contributed by atoms with Crippen molar-refractivity contribution in [3.63, 3.8) is 0 Å². The quantitative estimate of drug-likeness (QED) is 0.397. The molecule has 5 N–H and O–H groups in total. The summed E-state index contributed by atoms with van der Waals surface area (Å²) in [4.78, 5) is 24.5. The van der Waals surface area contributed by atoms with Gasteiger partial charge in [0, 0.05) is 6.04 Å². The third-order valence-electron chi connectivity index (χ3n) is 5.09. The third-order valence-corrected chi connectivity index (χ3v) is 6.01. The van der Waals surface area contributed by atoms with E-state index in [-0.39, 0.29) is 11.4 Å². The van der Waals surface area contributed by atoms with Crippen LogP contribution in [0.5, 0.6) is 0 Å². The van der Waals surface area contributed by atoms with Gasteiger partial charge in [-0.15, -0.1) is 5.10 Å². The Kier molecular flexibility index (Phi) is 7.36. The van der Waals surface area contributed by atoms with Gasteiger partial charge in [0.1, 0.15) is 5.69 Å². The molecule has 1 aromatic carbocycles. The minimum atomic E-state index is -3.87. The molecule has 0 radical (unpaired) electrons. The van der Waals surface area contributed by atoms with Crippen LogP contribution in [0.4, 0.5) is 0 Å². The number of aromatic nitrogens is 3. The fourth-order valence-corrected chi connectivity index (χ4v) is 4.02. The Balaban J connectivity index is 1.53. The molecule has 1 aliphatic heterocycles. The summed E-state index contributed by atoms with van der Waals surface area (Å²) in [5, 5.41) is 21.7.